The van der Waals surface area contributed by atoms with Gasteiger partial charge in [0.15, 0.2) is 0 Å². The fourth-order valence-electron chi connectivity index (χ4n) is 1.39. The van der Waals surface area contributed by atoms with Gasteiger partial charge in [0.05, 0.1) is 0 Å². The molecule has 0 radical (unpaired) electrons. The standard InChI is InChI=1S/C13H20N2O3/c14-9-5-2-6-10-15-13(16)18-17-11-12-7-3-1-4-8-12/h1,3-4,7-8H,2,5-6,9-11,14H2,(H,15,16). The van der Waals surface area contributed by atoms with Gasteiger partial charge in [-0.05, 0) is 24.9 Å². The second kappa shape index (κ2) is 9.44. The molecular weight excluding hydrogens is 232 g/mol. The predicted octanol–water partition coefficient (Wildman–Crippen LogP) is 1.97. The number of carbonyl (C=O) groups excluding carboxylic acids is 1. The number of unbranched alkanes of at least 4 members (excludes halogenated alkanes) is 2. The van der Waals surface area contributed by atoms with Crippen molar-refractivity contribution in [1.29, 1.82) is 0 Å². The van der Waals surface area contributed by atoms with Gasteiger partial charge in [-0.1, -0.05) is 36.8 Å². The Morgan fingerprint density at radius 1 is 1.17 bits per heavy atom. The third-order valence-electron chi connectivity index (χ3n) is 2.35. The van der Waals surface area contributed by atoms with Gasteiger partial charge in [-0.25, -0.2) is 4.79 Å². The molecule has 0 aliphatic rings. The molecule has 0 spiro atoms. The van der Waals surface area contributed by atoms with E-state index in [9.17, 15) is 4.79 Å². The van der Waals surface area contributed by atoms with Crippen LogP contribution in [-0.2, 0) is 16.4 Å². The first-order valence-electron chi connectivity index (χ1n) is 6.14. The molecule has 0 atom stereocenters. The summed E-state index contributed by atoms with van der Waals surface area (Å²) in [6, 6.07) is 9.51. The lowest BCUT2D eigenvalue weighted by Gasteiger charge is -2.05. The summed E-state index contributed by atoms with van der Waals surface area (Å²) < 4.78 is 0. The average molecular weight is 252 g/mol. The monoisotopic (exact) mass is 252 g/mol. The smallest absolute Gasteiger partial charge is 0.330 e. The molecule has 1 rings (SSSR count). The van der Waals surface area contributed by atoms with E-state index in [0.29, 0.717) is 13.1 Å². The number of benzene rings is 1. The van der Waals surface area contributed by atoms with Crippen LogP contribution in [-0.4, -0.2) is 19.2 Å². The van der Waals surface area contributed by atoms with Crippen molar-refractivity contribution in [3.8, 4) is 0 Å². The van der Waals surface area contributed by atoms with Crippen molar-refractivity contribution < 1.29 is 14.6 Å². The van der Waals surface area contributed by atoms with E-state index in [2.05, 4.69) is 10.2 Å². The quantitative estimate of drug-likeness (QED) is 0.421. The molecule has 0 saturated carbocycles. The van der Waals surface area contributed by atoms with E-state index in [1.807, 2.05) is 30.3 Å². The van der Waals surface area contributed by atoms with Crippen LogP contribution in [0.25, 0.3) is 0 Å². The summed E-state index contributed by atoms with van der Waals surface area (Å²) in [5.74, 6) is 0. The van der Waals surface area contributed by atoms with Crippen LogP contribution in [0, 0.1) is 0 Å². The summed E-state index contributed by atoms with van der Waals surface area (Å²) in [5, 5.41) is 2.60. The summed E-state index contributed by atoms with van der Waals surface area (Å²) in [4.78, 5) is 20.6. The Labute approximate surface area is 107 Å². The maximum Gasteiger partial charge on any atom is 0.438 e. The molecular formula is C13H20N2O3. The number of amides is 1. The second-order valence-electron chi connectivity index (χ2n) is 3.89. The number of hydrogen-bond donors (Lipinski definition) is 2. The summed E-state index contributed by atoms with van der Waals surface area (Å²) in [6.45, 7) is 1.51. The van der Waals surface area contributed by atoms with Gasteiger partial charge in [0.1, 0.15) is 6.61 Å². The molecule has 100 valence electrons. The first-order valence-corrected chi connectivity index (χ1v) is 6.14. The van der Waals surface area contributed by atoms with Gasteiger partial charge in [-0.3, -0.25) is 4.89 Å². The molecule has 0 bridgehead atoms. The first-order chi connectivity index (χ1) is 8.83. The van der Waals surface area contributed by atoms with Crippen molar-refractivity contribution in [3.63, 3.8) is 0 Å². The molecule has 18 heavy (non-hydrogen) atoms. The molecule has 0 fully saturated rings. The van der Waals surface area contributed by atoms with Crippen LogP contribution < -0.4 is 11.1 Å². The lowest BCUT2D eigenvalue weighted by Crippen LogP contribution is -2.25. The predicted molar refractivity (Wildman–Crippen MR) is 68.6 cm³/mol. The van der Waals surface area contributed by atoms with Crippen LogP contribution in [0.5, 0.6) is 0 Å². The summed E-state index contributed by atoms with van der Waals surface area (Å²) in [7, 11) is 0. The van der Waals surface area contributed by atoms with E-state index in [1.165, 1.54) is 0 Å². The van der Waals surface area contributed by atoms with Crippen LogP contribution in [0.3, 0.4) is 0 Å². The Hall–Kier alpha value is -1.59. The van der Waals surface area contributed by atoms with Gasteiger partial charge < -0.3 is 11.1 Å². The Morgan fingerprint density at radius 2 is 1.94 bits per heavy atom. The van der Waals surface area contributed by atoms with Crippen molar-refractivity contribution >= 4 is 6.09 Å². The number of nitrogens with one attached hydrogen (secondary N) is 1. The molecule has 5 nitrogen and oxygen atoms in total. The Bertz CT molecular complexity index is 330. The highest BCUT2D eigenvalue weighted by Crippen LogP contribution is 2.00. The molecule has 5 heteroatoms. The average Bonchev–Trinajstić information content (AvgIpc) is 2.40. The fourth-order valence-corrected chi connectivity index (χ4v) is 1.39. The Balaban J connectivity index is 2.00. The van der Waals surface area contributed by atoms with E-state index in [4.69, 9.17) is 10.6 Å². The zero-order valence-corrected chi connectivity index (χ0v) is 10.4. The van der Waals surface area contributed by atoms with Gasteiger partial charge in [-0.15, -0.1) is 0 Å². The number of nitrogens with two attached hydrogens (primary N) is 1. The minimum Gasteiger partial charge on any atom is -0.330 e. The van der Waals surface area contributed by atoms with Crippen molar-refractivity contribution in [2.75, 3.05) is 13.1 Å². The Kier molecular flexibility index (Phi) is 7.59. The third kappa shape index (κ3) is 6.88. The SMILES string of the molecule is NCCCCCNC(=O)OOCc1ccccc1. The highest BCUT2D eigenvalue weighted by molar-refractivity contribution is 5.66. The van der Waals surface area contributed by atoms with Gasteiger partial charge in [0.2, 0.25) is 0 Å². The molecule has 0 aliphatic carbocycles. The zero-order chi connectivity index (χ0) is 13.1. The summed E-state index contributed by atoms with van der Waals surface area (Å²) >= 11 is 0. The van der Waals surface area contributed by atoms with Gasteiger partial charge in [0, 0.05) is 6.54 Å². The van der Waals surface area contributed by atoms with Crippen molar-refractivity contribution in [1.82, 2.24) is 5.32 Å². The maximum atomic E-state index is 11.2. The molecule has 0 unspecified atom stereocenters. The van der Waals surface area contributed by atoms with E-state index in [-0.39, 0.29) is 6.61 Å². The lowest BCUT2D eigenvalue weighted by atomic mass is 10.2. The fraction of sp³-hybridized carbons (Fsp3) is 0.462. The van der Waals surface area contributed by atoms with Crippen molar-refractivity contribution in [2.45, 2.75) is 25.9 Å². The van der Waals surface area contributed by atoms with Crippen molar-refractivity contribution in [3.05, 3.63) is 35.9 Å². The Morgan fingerprint density at radius 3 is 2.67 bits per heavy atom. The van der Waals surface area contributed by atoms with Crippen LogP contribution in [0.1, 0.15) is 24.8 Å². The van der Waals surface area contributed by atoms with Gasteiger partial charge in [0.25, 0.3) is 0 Å². The lowest BCUT2D eigenvalue weighted by molar-refractivity contribution is -0.248. The van der Waals surface area contributed by atoms with E-state index in [1.54, 1.807) is 0 Å². The highest BCUT2D eigenvalue weighted by Gasteiger charge is 2.02. The van der Waals surface area contributed by atoms with Crippen molar-refractivity contribution in [2.24, 2.45) is 5.73 Å². The number of carbonyl (C=O) groups is 1. The van der Waals surface area contributed by atoms with E-state index < -0.39 is 6.09 Å². The molecule has 1 aromatic rings. The molecule has 0 aliphatic heterocycles. The van der Waals surface area contributed by atoms with Gasteiger partial charge >= 0.3 is 6.09 Å². The van der Waals surface area contributed by atoms with Crippen LogP contribution in [0.2, 0.25) is 0 Å². The zero-order valence-electron chi connectivity index (χ0n) is 10.4. The minimum absolute atomic E-state index is 0.251. The molecule has 1 aromatic carbocycles. The molecule has 0 saturated heterocycles. The van der Waals surface area contributed by atoms with E-state index >= 15 is 0 Å². The summed E-state index contributed by atoms with van der Waals surface area (Å²) in [6.07, 6.45) is 2.31. The van der Waals surface area contributed by atoms with Crippen LogP contribution in [0.15, 0.2) is 30.3 Å². The van der Waals surface area contributed by atoms with E-state index in [0.717, 1.165) is 24.8 Å². The molecule has 0 aromatic heterocycles. The third-order valence-corrected chi connectivity index (χ3v) is 2.35. The second-order valence-corrected chi connectivity index (χ2v) is 3.89. The van der Waals surface area contributed by atoms with Crippen LogP contribution in [0.4, 0.5) is 4.79 Å². The topological polar surface area (TPSA) is 73.6 Å². The molecule has 0 heterocycles. The largest absolute Gasteiger partial charge is 0.438 e. The summed E-state index contributed by atoms with van der Waals surface area (Å²) in [5.41, 5.74) is 6.31. The van der Waals surface area contributed by atoms with Crippen LogP contribution >= 0.6 is 0 Å². The number of rotatable bonds is 8. The normalized spacial score (nSPS) is 10.1. The maximum absolute atomic E-state index is 11.2. The molecule has 1 amide bonds. The first kappa shape index (κ1) is 14.5. The molecule has 3 N–H and O–H groups in total. The number of hydrogen-bond acceptors (Lipinski definition) is 4. The van der Waals surface area contributed by atoms with Gasteiger partial charge in [-0.2, -0.15) is 4.89 Å². The minimum atomic E-state index is -0.557. The highest BCUT2D eigenvalue weighted by atomic mass is 17.2.